The summed E-state index contributed by atoms with van der Waals surface area (Å²) in [5, 5.41) is 0. The number of hydrogen-bond donors (Lipinski definition) is 1. The molecule has 0 saturated carbocycles. The first-order valence-corrected chi connectivity index (χ1v) is 12.4. The Labute approximate surface area is 166 Å². The Hall–Kier alpha value is -0.0401. The lowest BCUT2D eigenvalue weighted by molar-refractivity contribution is 0.366. The van der Waals surface area contributed by atoms with Gasteiger partial charge in [-0.05, 0) is 25.7 Å². The van der Waals surface area contributed by atoms with Gasteiger partial charge in [0.2, 0.25) is 0 Å². The number of unbranched alkanes of at least 4 members (excludes halogenated alkanes) is 4. The fourth-order valence-electron chi connectivity index (χ4n) is 2.64. The van der Waals surface area contributed by atoms with E-state index in [4.69, 9.17) is 0 Å². The van der Waals surface area contributed by atoms with Crippen molar-refractivity contribution >= 4 is 21.8 Å². The van der Waals surface area contributed by atoms with E-state index >= 15 is 0 Å². The molecular weight excluding hydrogens is 411 g/mol. The van der Waals surface area contributed by atoms with Gasteiger partial charge in [-0.15, -0.1) is 0 Å². The van der Waals surface area contributed by atoms with Gasteiger partial charge in [0.15, 0.2) is 0 Å². The first kappa shape index (κ1) is 35.4. The molecule has 0 aliphatic heterocycles. The summed E-state index contributed by atoms with van der Waals surface area (Å²) in [5.74, 6) is 0. The highest BCUT2D eigenvalue weighted by atomic mass is 31.2. The van der Waals surface area contributed by atoms with Crippen LogP contribution < -0.4 is 6.15 Å². The Morgan fingerprint density at radius 1 is 0.464 bits per heavy atom. The largest absolute Gasteiger partial charge is 0.673 e. The SMILES string of the molecule is CCCC[P+](CCCC)(CCCC)CCCC.F[B-](F)(F)F.F[B-](F)(F)F.[NH4+]. The molecule has 0 aliphatic rings. The van der Waals surface area contributed by atoms with Crippen molar-refractivity contribution < 1.29 is 34.5 Å². The molecule has 0 unspecified atom stereocenters. The monoisotopic (exact) mass is 451 g/mol. The molecule has 0 radical (unpaired) electrons. The van der Waals surface area contributed by atoms with Crippen LogP contribution in [0.1, 0.15) is 79.1 Å². The van der Waals surface area contributed by atoms with E-state index in [0.717, 1.165) is 0 Å². The van der Waals surface area contributed by atoms with Crippen molar-refractivity contribution in [2.24, 2.45) is 0 Å². The van der Waals surface area contributed by atoms with E-state index in [1.807, 2.05) is 0 Å². The predicted octanol–water partition coefficient (Wildman–Crippen LogP) is 9.18. The fourth-order valence-corrected chi connectivity index (χ4v) is 7.93. The van der Waals surface area contributed by atoms with Crippen molar-refractivity contribution in [3.63, 3.8) is 0 Å². The van der Waals surface area contributed by atoms with Crippen LogP contribution >= 0.6 is 7.26 Å². The Bertz CT molecular complexity index is 256. The van der Waals surface area contributed by atoms with E-state index in [0.29, 0.717) is 0 Å². The highest BCUT2D eigenvalue weighted by Crippen LogP contribution is 2.61. The molecule has 0 saturated heterocycles. The molecule has 0 atom stereocenters. The predicted molar refractivity (Wildman–Crippen MR) is 112 cm³/mol. The Kier molecular flexibility index (Phi) is 25.6. The topological polar surface area (TPSA) is 36.5 Å². The van der Waals surface area contributed by atoms with Gasteiger partial charge >= 0.3 is 14.5 Å². The minimum atomic E-state index is -6.00. The molecule has 0 aromatic heterocycles. The molecule has 12 heteroatoms. The molecule has 0 aromatic carbocycles. The second kappa shape index (κ2) is 20.2. The van der Waals surface area contributed by atoms with Crippen LogP contribution in [0, 0.1) is 0 Å². The minimum Gasteiger partial charge on any atom is -0.418 e. The lowest BCUT2D eigenvalue weighted by Crippen LogP contribution is -2.12. The van der Waals surface area contributed by atoms with Crippen LogP contribution in [0.3, 0.4) is 0 Å². The zero-order valence-electron chi connectivity index (χ0n) is 18.1. The van der Waals surface area contributed by atoms with Crippen molar-refractivity contribution in [3.05, 3.63) is 0 Å². The van der Waals surface area contributed by atoms with Crippen LogP contribution in [-0.2, 0) is 0 Å². The van der Waals surface area contributed by atoms with Crippen molar-refractivity contribution in [2.45, 2.75) is 79.1 Å². The Balaban J connectivity index is -0.000000216. The summed E-state index contributed by atoms with van der Waals surface area (Å²) in [4.78, 5) is 0. The second-order valence-corrected chi connectivity index (χ2v) is 11.1. The molecule has 0 spiro atoms. The summed E-state index contributed by atoms with van der Waals surface area (Å²) in [5.41, 5.74) is 0. The Morgan fingerprint density at radius 2 is 0.607 bits per heavy atom. The summed E-state index contributed by atoms with van der Waals surface area (Å²) in [6, 6.07) is 0. The summed E-state index contributed by atoms with van der Waals surface area (Å²) in [6.45, 7) is 9.42. The molecule has 176 valence electrons. The molecular formula is C16H40B2F8NP. The third-order valence-corrected chi connectivity index (χ3v) is 9.00. The maximum Gasteiger partial charge on any atom is 0.673 e. The standard InChI is InChI=1S/C16H36P.2BF4.H3N/c1-5-9-13-17(14-10-6-2,15-11-7-3)16-12-8-4;2*2-1(3,4)5;/h5-16H2,1-4H3;;;1H3/q+1;2*-1;/p+1. The summed E-state index contributed by atoms with van der Waals surface area (Å²) in [6.07, 6.45) is 17.9. The van der Waals surface area contributed by atoms with Gasteiger partial charge in [0.25, 0.3) is 0 Å². The summed E-state index contributed by atoms with van der Waals surface area (Å²) < 4.78 is 78.0. The smallest absolute Gasteiger partial charge is 0.418 e. The van der Waals surface area contributed by atoms with Gasteiger partial charge in [-0.2, -0.15) is 0 Å². The van der Waals surface area contributed by atoms with Gasteiger partial charge < -0.3 is 40.7 Å². The van der Waals surface area contributed by atoms with E-state index in [9.17, 15) is 34.5 Å². The number of hydrogen-bond acceptors (Lipinski definition) is 0. The molecule has 0 bridgehead atoms. The van der Waals surface area contributed by atoms with Crippen molar-refractivity contribution in [1.82, 2.24) is 6.15 Å². The highest BCUT2D eigenvalue weighted by Gasteiger charge is 2.34. The lowest BCUT2D eigenvalue weighted by Gasteiger charge is -2.28. The normalized spacial score (nSPS) is 11.6. The molecule has 0 amide bonds. The zero-order valence-corrected chi connectivity index (χ0v) is 19.0. The zero-order chi connectivity index (χ0) is 22.0. The maximum absolute atomic E-state index is 9.75. The van der Waals surface area contributed by atoms with Crippen LogP contribution in [0.5, 0.6) is 0 Å². The Morgan fingerprint density at radius 3 is 0.714 bits per heavy atom. The molecule has 0 aromatic rings. The lowest BCUT2D eigenvalue weighted by atomic mass is 10.3. The maximum atomic E-state index is 9.75. The summed E-state index contributed by atoms with van der Waals surface area (Å²) in [7, 11) is -12.6. The second-order valence-electron chi connectivity index (χ2n) is 6.64. The third kappa shape index (κ3) is 40.6. The van der Waals surface area contributed by atoms with Crippen LogP contribution in [-0.4, -0.2) is 39.2 Å². The van der Waals surface area contributed by atoms with Crippen LogP contribution in [0.4, 0.5) is 34.5 Å². The van der Waals surface area contributed by atoms with Crippen LogP contribution in [0.15, 0.2) is 0 Å². The van der Waals surface area contributed by atoms with Gasteiger partial charge in [-0.1, -0.05) is 53.4 Å². The molecule has 28 heavy (non-hydrogen) atoms. The van der Waals surface area contributed by atoms with Gasteiger partial charge in [-0.3, -0.25) is 0 Å². The van der Waals surface area contributed by atoms with Gasteiger partial charge in [-0.25, -0.2) is 0 Å². The van der Waals surface area contributed by atoms with Crippen LogP contribution in [0.2, 0.25) is 0 Å². The molecule has 0 fully saturated rings. The first-order valence-electron chi connectivity index (χ1n) is 9.84. The molecule has 4 N–H and O–H groups in total. The van der Waals surface area contributed by atoms with Gasteiger partial charge in [0.05, 0.1) is 24.6 Å². The fraction of sp³-hybridized carbons (Fsp3) is 1.00. The minimum absolute atomic E-state index is 0. The molecule has 1 nitrogen and oxygen atoms in total. The van der Waals surface area contributed by atoms with E-state index in [1.54, 1.807) is 24.6 Å². The van der Waals surface area contributed by atoms with E-state index in [1.165, 1.54) is 51.4 Å². The van der Waals surface area contributed by atoms with Crippen LogP contribution in [0.25, 0.3) is 0 Å². The average molecular weight is 451 g/mol. The van der Waals surface area contributed by atoms with E-state index < -0.39 is 21.8 Å². The average Bonchev–Trinajstić information content (AvgIpc) is 2.50. The number of rotatable bonds is 12. The summed E-state index contributed by atoms with van der Waals surface area (Å²) >= 11 is 0. The van der Waals surface area contributed by atoms with Gasteiger partial charge in [0.1, 0.15) is 0 Å². The third-order valence-electron chi connectivity index (χ3n) is 3.94. The number of halogens is 8. The quantitative estimate of drug-likeness (QED) is 0.175. The van der Waals surface area contributed by atoms with E-state index in [2.05, 4.69) is 27.7 Å². The van der Waals surface area contributed by atoms with Crippen molar-refractivity contribution in [3.8, 4) is 0 Å². The van der Waals surface area contributed by atoms with Crippen molar-refractivity contribution in [2.75, 3.05) is 24.6 Å². The van der Waals surface area contributed by atoms with Gasteiger partial charge in [0, 0.05) is 7.26 Å². The van der Waals surface area contributed by atoms with E-state index in [-0.39, 0.29) is 6.15 Å². The molecule has 0 heterocycles. The first-order chi connectivity index (χ1) is 12.2. The molecule has 0 rings (SSSR count). The number of quaternary nitrogens is 1. The molecule has 0 aliphatic carbocycles. The highest BCUT2D eigenvalue weighted by molar-refractivity contribution is 7.75. The van der Waals surface area contributed by atoms with Crippen molar-refractivity contribution in [1.29, 1.82) is 0 Å².